The third-order valence-electron chi connectivity index (χ3n) is 6.93. The number of hydrogen-bond donors (Lipinski definition) is 0. The monoisotopic (exact) mass is 644 g/mol. The summed E-state index contributed by atoms with van der Waals surface area (Å²) in [6, 6.07) is 12.3. The number of aromatic amines is 1. The summed E-state index contributed by atoms with van der Waals surface area (Å²) in [5.41, 5.74) is 0.943. The Labute approximate surface area is 251 Å². The maximum absolute atomic E-state index is 13.2. The van der Waals surface area contributed by atoms with Crippen molar-refractivity contribution in [2.75, 3.05) is 19.7 Å². The van der Waals surface area contributed by atoms with Crippen molar-refractivity contribution in [3.63, 3.8) is 0 Å². The molecule has 42 heavy (non-hydrogen) atoms. The van der Waals surface area contributed by atoms with Crippen molar-refractivity contribution in [3.05, 3.63) is 82.1 Å². The van der Waals surface area contributed by atoms with Crippen LogP contribution >= 0.6 is 23.2 Å². The van der Waals surface area contributed by atoms with Gasteiger partial charge in [0.05, 0.1) is 17.4 Å². The lowest BCUT2D eigenvalue weighted by atomic mass is 10.00. The topological polar surface area (TPSA) is 126 Å². The Hall–Kier alpha value is -3.03. The molecule has 1 saturated heterocycles. The molecule has 1 saturated carbocycles. The largest absolute Gasteiger partial charge is 0.870 e. The van der Waals surface area contributed by atoms with E-state index in [1.165, 1.54) is 47.0 Å². The minimum atomic E-state index is -3.74. The maximum atomic E-state index is 13.2. The van der Waals surface area contributed by atoms with Crippen LogP contribution in [0, 0.1) is 11.8 Å². The molecule has 9 nitrogen and oxygen atoms in total. The number of sulfonamides is 1. The Bertz CT molecular complexity index is 1490. The van der Waals surface area contributed by atoms with Crippen LogP contribution in [0.5, 0.6) is 11.5 Å². The second kappa shape index (κ2) is 13.5. The smallest absolute Gasteiger partial charge is 0.387 e. The standard InChI is InChI=1S/C28H26Cl2F2N2O6S.H2O/c29-22-12-33-13-23(30)21(22)11-25(18-8-9-24(40-28(31)32)26(10-18)38-16-17-6-7-17)39-27(35)19-14-34(15-19)41(36,37)20-4-2-1-3-5-20;/h1-5,8-10,12-13,17,19,25,28H,6-7,11,14-16H2;1H2/t25-;/m0./s1. The summed E-state index contributed by atoms with van der Waals surface area (Å²) < 4.78 is 69.4. The van der Waals surface area contributed by atoms with Crippen molar-refractivity contribution in [2.45, 2.75) is 36.9 Å². The molecule has 2 fully saturated rings. The van der Waals surface area contributed by atoms with E-state index in [1.54, 1.807) is 18.2 Å². The Kier molecular flexibility index (Phi) is 10.3. The zero-order valence-corrected chi connectivity index (χ0v) is 24.4. The number of rotatable bonds is 12. The third kappa shape index (κ3) is 7.48. The average Bonchev–Trinajstić information content (AvgIpc) is 3.73. The summed E-state index contributed by atoms with van der Waals surface area (Å²) in [4.78, 5) is 16.2. The number of carbonyl (C=O) groups excluding carboxylic acids is 1. The number of ether oxygens (including phenoxy) is 3. The van der Waals surface area contributed by atoms with Crippen LogP contribution in [-0.2, 0) is 26.0 Å². The molecule has 0 unspecified atom stereocenters. The number of alkyl halides is 2. The number of halogens is 4. The molecule has 0 radical (unpaired) electrons. The van der Waals surface area contributed by atoms with Gasteiger partial charge in [-0.2, -0.15) is 13.1 Å². The molecule has 2 N–H and O–H groups in total. The van der Waals surface area contributed by atoms with E-state index in [0.29, 0.717) is 33.7 Å². The molecular formula is C28H28Cl2F2N2O7S. The lowest BCUT2D eigenvalue weighted by Gasteiger charge is -2.37. The van der Waals surface area contributed by atoms with E-state index >= 15 is 0 Å². The molecule has 3 aromatic rings. The summed E-state index contributed by atoms with van der Waals surface area (Å²) in [7, 11) is -3.74. The van der Waals surface area contributed by atoms with Gasteiger partial charge in [0.1, 0.15) is 16.1 Å². The second-order valence-electron chi connectivity index (χ2n) is 9.93. The summed E-state index contributed by atoms with van der Waals surface area (Å²) in [5, 5.41) is 0.621. The van der Waals surface area contributed by atoms with E-state index < -0.39 is 34.6 Å². The Morgan fingerprint density at radius 3 is 2.31 bits per heavy atom. The SMILES string of the molecule is O=C(O[C@@H](Cc1c(Cl)c[nH+]cc1Cl)c1ccc(OC(F)F)c(OCC2CC2)c1)C1CN(S(=O)(=O)c2ccccc2)C1.[OH-]. The number of aromatic nitrogens is 1. The highest BCUT2D eigenvalue weighted by molar-refractivity contribution is 7.89. The van der Waals surface area contributed by atoms with Gasteiger partial charge in [0.2, 0.25) is 10.0 Å². The molecule has 226 valence electrons. The first-order valence-corrected chi connectivity index (χ1v) is 15.1. The lowest BCUT2D eigenvalue weighted by molar-refractivity contribution is -0.377. The van der Waals surface area contributed by atoms with E-state index in [-0.39, 0.29) is 41.4 Å². The summed E-state index contributed by atoms with van der Waals surface area (Å²) in [6.07, 6.45) is 4.17. The number of carbonyl (C=O) groups is 1. The highest BCUT2D eigenvalue weighted by Gasteiger charge is 2.42. The summed E-state index contributed by atoms with van der Waals surface area (Å²) in [5.74, 6) is -1.01. The minimum Gasteiger partial charge on any atom is -0.870 e. The minimum absolute atomic E-state index is 0. The molecule has 2 aromatic carbocycles. The molecule has 1 aliphatic carbocycles. The molecule has 0 amide bonds. The number of hydrogen-bond acceptors (Lipinski definition) is 7. The zero-order chi connectivity index (χ0) is 29.1. The zero-order valence-electron chi connectivity index (χ0n) is 22.1. The number of nitrogens with one attached hydrogen (secondary N) is 1. The number of nitrogens with zero attached hydrogens (tertiary/aromatic N) is 1. The Morgan fingerprint density at radius 2 is 1.69 bits per heavy atom. The molecule has 0 bridgehead atoms. The first kappa shape index (κ1) is 31.9. The van der Waals surface area contributed by atoms with Gasteiger partial charge in [0.15, 0.2) is 23.9 Å². The van der Waals surface area contributed by atoms with E-state index in [0.717, 1.165) is 12.8 Å². The van der Waals surface area contributed by atoms with E-state index in [1.807, 2.05) is 0 Å². The number of esters is 1. The van der Waals surface area contributed by atoms with Crippen LogP contribution in [-0.4, -0.2) is 50.5 Å². The molecular weight excluding hydrogens is 617 g/mol. The van der Waals surface area contributed by atoms with Gasteiger partial charge >= 0.3 is 12.6 Å². The molecule has 1 atom stereocenters. The molecule has 1 aromatic heterocycles. The molecule has 1 aliphatic heterocycles. The van der Waals surface area contributed by atoms with Crippen LogP contribution in [0.25, 0.3) is 0 Å². The van der Waals surface area contributed by atoms with Gasteiger partial charge < -0.3 is 19.7 Å². The van der Waals surface area contributed by atoms with Gasteiger partial charge in [0, 0.05) is 25.1 Å². The van der Waals surface area contributed by atoms with Gasteiger partial charge in [-0.1, -0.05) is 47.5 Å². The van der Waals surface area contributed by atoms with Gasteiger partial charge in [-0.15, -0.1) is 0 Å². The van der Waals surface area contributed by atoms with Crippen LogP contribution in [0.2, 0.25) is 10.0 Å². The number of benzene rings is 2. The Balaban J connectivity index is 0.00000405. The molecule has 5 rings (SSSR count). The fourth-order valence-corrected chi connectivity index (χ4v) is 6.45. The summed E-state index contributed by atoms with van der Waals surface area (Å²) in [6.45, 7) is -2.79. The van der Waals surface area contributed by atoms with Gasteiger partial charge in [0.25, 0.3) is 0 Å². The van der Waals surface area contributed by atoms with Gasteiger partial charge in [-0.05, 0) is 48.6 Å². The quantitative estimate of drug-likeness (QED) is 0.249. The first-order chi connectivity index (χ1) is 19.6. The molecule has 14 heteroatoms. The molecule has 2 heterocycles. The maximum Gasteiger partial charge on any atom is 0.387 e. The van der Waals surface area contributed by atoms with Crippen molar-refractivity contribution in [1.29, 1.82) is 0 Å². The predicted molar refractivity (Wildman–Crippen MR) is 147 cm³/mol. The van der Waals surface area contributed by atoms with E-state index in [4.69, 9.17) is 32.7 Å². The molecule has 2 aliphatic rings. The van der Waals surface area contributed by atoms with Crippen LogP contribution in [0.4, 0.5) is 8.78 Å². The Morgan fingerprint density at radius 1 is 1.02 bits per heavy atom. The van der Waals surface area contributed by atoms with Gasteiger partial charge in [-0.25, -0.2) is 13.4 Å². The predicted octanol–water partition coefficient (Wildman–Crippen LogP) is 5.17. The first-order valence-electron chi connectivity index (χ1n) is 12.9. The summed E-state index contributed by atoms with van der Waals surface area (Å²) >= 11 is 12.7. The molecule has 0 spiro atoms. The van der Waals surface area contributed by atoms with Crippen molar-refractivity contribution in [1.82, 2.24) is 4.31 Å². The highest BCUT2D eigenvalue weighted by atomic mass is 35.5. The number of H-pyrrole nitrogens is 1. The van der Waals surface area contributed by atoms with Gasteiger partial charge in [-0.3, -0.25) is 4.79 Å². The third-order valence-corrected chi connectivity index (χ3v) is 9.45. The lowest BCUT2D eigenvalue weighted by Crippen LogP contribution is -2.53. The van der Waals surface area contributed by atoms with Crippen LogP contribution in [0.3, 0.4) is 0 Å². The fraction of sp³-hybridized carbons (Fsp3) is 0.357. The van der Waals surface area contributed by atoms with Crippen molar-refractivity contribution in [2.24, 2.45) is 11.8 Å². The number of pyridine rings is 1. The van der Waals surface area contributed by atoms with Crippen molar-refractivity contribution in [3.8, 4) is 11.5 Å². The van der Waals surface area contributed by atoms with Crippen molar-refractivity contribution >= 4 is 39.2 Å². The average molecular weight is 646 g/mol. The van der Waals surface area contributed by atoms with Crippen LogP contribution < -0.4 is 14.5 Å². The highest BCUT2D eigenvalue weighted by Crippen LogP contribution is 2.38. The van der Waals surface area contributed by atoms with Crippen molar-refractivity contribution < 1.29 is 46.7 Å². The second-order valence-corrected chi connectivity index (χ2v) is 12.7. The van der Waals surface area contributed by atoms with Crippen LogP contribution in [0.15, 0.2) is 65.8 Å². The normalized spacial score (nSPS) is 16.3. The van der Waals surface area contributed by atoms with E-state index in [2.05, 4.69) is 9.72 Å². The van der Waals surface area contributed by atoms with E-state index in [9.17, 15) is 22.0 Å². The van der Waals surface area contributed by atoms with Crippen LogP contribution in [0.1, 0.15) is 30.1 Å². The fourth-order valence-electron chi connectivity index (χ4n) is 4.37.